The van der Waals surface area contributed by atoms with Gasteiger partial charge in [-0.15, -0.1) is 0 Å². The average Bonchev–Trinajstić information content (AvgIpc) is 2.33. The lowest BCUT2D eigenvalue weighted by molar-refractivity contribution is -0.144. The number of rotatable bonds is 3. The van der Waals surface area contributed by atoms with E-state index in [-0.39, 0.29) is 10.4 Å². The second-order valence-corrected chi connectivity index (χ2v) is 4.97. The molecule has 1 aliphatic heterocycles. The molecular weight excluding hydrogens is 277 g/mol. The Morgan fingerprint density at radius 1 is 1.50 bits per heavy atom. The first-order chi connectivity index (χ1) is 8.58. The number of carboxylic acid groups (broad SMARTS) is 1. The quantitative estimate of drug-likeness (QED) is 0.683. The van der Waals surface area contributed by atoms with Crippen molar-refractivity contribution in [3.63, 3.8) is 0 Å². The van der Waals surface area contributed by atoms with Gasteiger partial charge < -0.3 is 5.11 Å². The highest BCUT2D eigenvalue weighted by Gasteiger charge is 2.28. The summed E-state index contributed by atoms with van der Waals surface area (Å²) in [7, 11) is 0. The molecule has 18 heavy (non-hydrogen) atoms. The maximum atomic E-state index is 11.2. The number of hydrogen-bond acceptors (Lipinski definition) is 4. The Kier molecular flexibility index (Phi) is 4.37. The Hall–Kier alpha value is -0.910. The van der Waals surface area contributed by atoms with Crippen molar-refractivity contribution in [2.75, 3.05) is 6.54 Å². The molecule has 1 N–H and O–H groups in total. The Balaban J connectivity index is 2.13. The molecule has 1 unspecified atom stereocenters. The molecule has 0 spiro atoms. The minimum atomic E-state index is -0.791. The van der Waals surface area contributed by atoms with Gasteiger partial charge in [-0.05, 0) is 31.0 Å². The number of piperidine rings is 1. The maximum absolute atomic E-state index is 11.2. The molecule has 7 heteroatoms. The molecule has 0 aliphatic carbocycles. The molecule has 0 aromatic carbocycles. The molecule has 1 saturated heterocycles. The van der Waals surface area contributed by atoms with Crippen LogP contribution in [0.4, 0.5) is 0 Å². The highest BCUT2D eigenvalue weighted by atomic mass is 35.5. The molecular formula is C11H13Cl2N3O2. The summed E-state index contributed by atoms with van der Waals surface area (Å²) < 4.78 is 0. The Morgan fingerprint density at radius 2 is 2.28 bits per heavy atom. The molecule has 0 radical (unpaired) electrons. The predicted octanol–water partition coefficient (Wildman–Crippen LogP) is 2.22. The summed E-state index contributed by atoms with van der Waals surface area (Å²) in [6.07, 6.45) is 4.15. The highest BCUT2D eigenvalue weighted by Crippen LogP contribution is 2.22. The lowest BCUT2D eigenvalue weighted by Gasteiger charge is -2.32. The van der Waals surface area contributed by atoms with Crippen LogP contribution >= 0.6 is 23.2 Å². The second kappa shape index (κ2) is 5.82. The summed E-state index contributed by atoms with van der Waals surface area (Å²) in [5, 5.41) is 9.55. The van der Waals surface area contributed by atoms with Gasteiger partial charge in [-0.3, -0.25) is 9.69 Å². The molecule has 0 bridgehead atoms. The number of nitrogens with zero attached hydrogens (tertiary/aromatic N) is 3. The molecule has 1 atom stereocenters. The predicted molar refractivity (Wildman–Crippen MR) is 67.7 cm³/mol. The smallest absolute Gasteiger partial charge is 0.320 e. The summed E-state index contributed by atoms with van der Waals surface area (Å²) in [6.45, 7) is 1.18. The van der Waals surface area contributed by atoms with E-state index in [1.54, 1.807) is 6.20 Å². The summed E-state index contributed by atoms with van der Waals surface area (Å²) in [5.41, 5.74) is 0.703. The van der Waals surface area contributed by atoms with Gasteiger partial charge in [0, 0.05) is 18.3 Å². The van der Waals surface area contributed by atoms with Crippen LogP contribution in [-0.4, -0.2) is 38.5 Å². The molecule has 0 amide bonds. The third-order valence-corrected chi connectivity index (χ3v) is 3.56. The summed E-state index contributed by atoms with van der Waals surface area (Å²) in [5.74, 6) is -0.791. The van der Waals surface area contributed by atoms with Crippen LogP contribution in [0.5, 0.6) is 0 Å². The third-order valence-electron chi connectivity index (χ3n) is 3.05. The van der Waals surface area contributed by atoms with Crippen molar-refractivity contribution in [2.45, 2.75) is 31.8 Å². The van der Waals surface area contributed by atoms with Gasteiger partial charge >= 0.3 is 5.97 Å². The van der Waals surface area contributed by atoms with Crippen molar-refractivity contribution >= 4 is 29.2 Å². The number of likely N-dealkylation sites (tertiary alicyclic amines) is 1. The first-order valence-corrected chi connectivity index (χ1v) is 6.47. The first kappa shape index (κ1) is 13.5. The number of carboxylic acids is 1. The standard InChI is InChI=1S/C11H13Cl2N3O2/c12-9-7(5-14-11(13)15-9)6-16-4-2-1-3-8(16)10(17)18/h5,8H,1-4,6H2,(H,17,18). The van der Waals surface area contributed by atoms with Crippen LogP contribution in [0.1, 0.15) is 24.8 Å². The van der Waals surface area contributed by atoms with Crippen molar-refractivity contribution in [3.05, 3.63) is 22.2 Å². The van der Waals surface area contributed by atoms with Crippen LogP contribution in [-0.2, 0) is 11.3 Å². The number of halogens is 2. The van der Waals surface area contributed by atoms with Gasteiger partial charge in [0.1, 0.15) is 11.2 Å². The van der Waals surface area contributed by atoms with Gasteiger partial charge in [-0.2, -0.15) is 0 Å². The van der Waals surface area contributed by atoms with Crippen molar-refractivity contribution < 1.29 is 9.90 Å². The van der Waals surface area contributed by atoms with Gasteiger partial charge in [0.15, 0.2) is 0 Å². The SMILES string of the molecule is O=C(O)C1CCCCN1Cc1cnc(Cl)nc1Cl. The summed E-state index contributed by atoms with van der Waals surface area (Å²) >= 11 is 11.6. The number of aliphatic carboxylic acids is 1. The van der Waals surface area contributed by atoms with Crippen LogP contribution in [0.25, 0.3) is 0 Å². The van der Waals surface area contributed by atoms with E-state index in [0.29, 0.717) is 18.5 Å². The Morgan fingerprint density at radius 3 is 2.94 bits per heavy atom. The lowest BCUT2D eigenvalue weighted by Crippen LogP contribution is -2.44. The van der Waals surface area contributed by atoms with Crippen LogP contribution < -0.4 is 0 Å². The molecule has 0 saturated carbocycles. The maximum Gasteiger partial charge on any atom is 0.320 e. The van der Waals surface area contributed by atoms with E-state index in [0.717, 1.165) is 19.4 Å². The highest BCUT2D eigenvalue weighted by molar-refractivity contribution is 6.32. The van der Waals surface area contributed by atoms with Crippen LogP contribution in [0.15, 0.2) is 6.20 Å². The van der Waals surface area contributed by atoms with Crippen molar-refractivity contribution in [1.82, 2.24) is 14.9 Å². The van der Waals surface area contributed by atoms with Gasteiger partial charge in [0.2, 0.25) is 5.28 Å². The van der Waals surface area contributed by atoms with E-state index in [2.05, 4.69) is 9.97 Å². The van der Waals surface area contributed by atoms with Crippen LogP contribution in [0.2, 0.25) is 10.4 Å². The van der Waals surface area contributed by atoms with Gasteiger partial charge in [0.25, 0.3) is 0 Å². The second-order valence-electron chi connectivity index (χ2n) is 4.28. The topological polar surface area (TPSA) is 66.3 Å². The third kappa shape index (κ3) is 3.10. The monoisotopic (exact) mass is 289 g/mol. The molecule has 1 aliphatic rings. The Bertz CT molecular complexity index is 456. The molecule has 2 heterocycles. The van der Waals surface area contributed by atoms with E-state index >= 15 is 0 Å². The first-order valence-electron chi connectivity index (χ1n) is 5.71. The van der Waals surface area contributed by atoms with Crippen molar-refractivity contribution in [3.8, 4) is 0 Å². The van der Waals surface area contributed by atoms with E-state index in [4.69, 9.17) is 23.2 Å². The van der Waals surface area contributed by atoms with Gasteiger partial charge in [0.05, 0.1) is 0 Å². The molecule has 1 fully saturated rings. The number of aromatic nitrogens is 2. The van der Waals surface area contributed by atoms with E-state index in [9.17, 15) is 9.90 Å². The zero-order valence-electron chi connectivity index (χ0n) is 9.64. The number of carbonyl (C=O) groups is 1. The molecule has 1 aromatic heterocycles. The normalized spacial score (nSPS) is 20.9. The van der Waals surface area contributed by atoms with Gasteiger partial charge in [-0.1, -0.05) is 18.0 Å². The summed E-state index contributed by atoms with van der Waals surface area (Å²) in [4.78, 5) is 20.8. The average molecular weight is 290 g/mol. The zero-order chi connectivity index (χ0) is 13.1. The Labute approximate surface area is 115 Å². The molecule has 98 valence electrons. The fourth-order valence-electron chi connectivity index (χ4n) is 2.15. The van der Waals surface area contributed by atoms with Gasteiger partial charge in [-0.25, -0.2) is 9.97 Å². The van der Waals surface area contributed by atoms with E-state index in [1.165, 1.54) is 0 Å². The van der Waals surface area contributed by atoms with Crippen LogP contribution in [0, 0.1) is 0 Å². The fraction of sp³-hybridized carbons (Fsp3) is 0.545. The zero-order valence-corrected chi connectivity index (χ0v) is 11.2. The molecule has 5 nitrogen and oxygen atoms in total. The molecule has 1 aromatic rings. The molecule has 2 rings (SSSR count). The number of hydrogen-bond donors (Lipinski definition) is 1. The fourth-order valence-corrected chi connectivity index (χ4v) is 2.52. The van der Waals surface area contributed by atoms with Crippen LogP contribution in [0.3, 0.4) is 0 Å². The largest absolute Gasteiger partial charge is 0.480 e. The lowest BCUT2D eigenvalue weighted by atomic mass is 10.0. The minimum Gasteiger partial charge on any atom is -0.480 e. The minimum absolute atomic E-state index is 0.0946. The van der Waals surface area contributed by atoms with Crippen molar-refractivity contribution in [2.24, 2.45) is 0 Å². The van der Waals surface area contributed by atoms with E-state index in [1.807, 2.05) is 4.90 Å². The van der Waals surface area contributed by atoms with Crippen molar-refractivity contribution in [1.29, 1.82) is 0 Å². The van der Waals surface area contributed by atoms with E-state index < -0.39 is 12.0 Å². The summed E-state index contributed by atoms with van der Waals surface area (Å²) in [6, 6.07) is -0.453.